The molecule has 1 N–H and O–H groups in total. The monoisotopic (exact) mass is 310 g/mol. The van der Waals surface area contributed by atoms with Crippen LogP contribution in [-0.2, 0) is 0 Å². The molecule has 0 aliphatic carbocycles. The van der Waals surface area contributed by atoms with Crippen LogP contribution in [0.2, 0.25) is 5.02 Å². The molecule has 3 nitrogen and oxygen atoms in total. The molecule has 5 heteroatoms. The molecule has 2 rings (SSSR count). The second-order valence-electron chi connectivity index (χ2n) is 2.99. The number of nitrogens with zero attached hydrogens (tertiary/aromatic N) is 2. The molecule has 0 atom stereocenters. The van der Waals surface area contributed by atoms with Crippen LogP contribution in [0.1, 0.15) is 0 Å². The van der Waals surface area contributed by atoms with Gasteiger partial charge in [0.15, 0.2) is 0 Å². The quantitative estimate of drug-likeness (QED) is 0.799. The molecule has 1 saturated heterocycles. The van der Waals surface area contributed by atoms with Crippen LogP contribution >= 0.6 is 34.2 Å². The van der Waals surface area contributed by atoms with Gasteiger partial charge in [0.05, 0.1) is 11.1 Å². The summed E-state index contributed by atoms with van der Waals surface area (Å²) in [7, 11) is 0. The summed E-state index contributed by atoms with van der Waals surface area (Å²) in [5.41, 5.74) is 0. The summed E-state index contributed by atoms with van der Waals surface area (Å²) in [5, 5.41) is 9.80. The molecule has 0 saturated carbocycles. The number of β-amino-alcohol motifs (C(OH)–C–C–N with tert-alkyl or cyclic N) is 1. The molecule has 0 amide bonds. The number of hydrogen-bond acceptors (Lipinski definition) is 3. The minimum atomic E-state index is -0.226. The molecular weight excluding hydrogens is 302 g/mol. The third kappa shape index (κ3) is 1.75. The van der Waals surface area contributed by atoms with Gasteiger partial charge in [-0.2, -0.15) is 0 Å². The van der Waals surface area contributed by atoms with Crippen molar-refractivity contribution in [3.8, 4) is 0 Å². The highest BCUT2D eigenvalue weighted by molar-refractivity contribution is 14.1. The molecule has 0 radical (unpaired) electrons. The van der Waals surface area contributed by atoms with Gasteiger partial charge in [0, 0.05) is 22.9 Å². The fraction of sp³-hybridized carbons (Fsp3) is 0.375. The number of aromatic nitrogens is 1. The molecule has 0 unspecified atom stereocenters. The van der Waals surface area contributed by atoms with E-state index in [4.69, 9.17) is 16.7 Å². The molecule has 0 bridgehead atoms. The molecular formula is C8H8ClIN2O. The van der Waals surface area contributed by atoms with Gasteiger partial charge in [0.25, 0.3) is 0 Å². The van der Waals surface area contributed by atoms with Crippen molar-refractivity contribution in [2.75, 3.05) is 18.0 Å². The van der Waals surface area contributed by atoms with Gasteiger partial charge in [0.1, 0.15) is 5.82 Å². The molecule has 70 valence electrons. The minimum Gasteiger partial charge on any atom is -0.389 e. The van der Waals surface area contributed by atoms with E-state index in [0.717, 1.165) is 9.39 Å². The maximum atomic E-state index is 9.13. The second-order valence-corrected chi connectivity index (χ2v) is 4.53. The first kappa shape index (κ1) is 9.48. The lowest BCUT2D eigenvalue weighted by Crippen LogP contribution is -2.51. The van der Waals surface area contributed by atoms with E-state index in [1.54, 1.807) is 6.20 Å². The van der Waals surface area contributed by atoms with Crippen LogP contribution in [0.4, 0.5) is 5.82 Å². The Morgan fingerprint density at radius 2 is 2.31 bits per heavy atom. The highest BCUT2D eigenvalue weighted by Crippen LogP contribution is 2.30. The molecule has 0 aromatic carbocycles. The van der Waals surface area contributed by atoms with Crippen molar-refractivity contribution in [3.05, 3.63) is 20.9 Å². The van der Waals surface area contributed by atoms with Crippen molar-refractivity contribution in [3.63, 3.8) is 0 Å². The van der Waals surface area contributed by atoms with E-state index in [2.05, 4.69) is 27.6 Å². The summed E-state index contributed by atoms with van der Waals surface area (Å²) < 4.78 is 0.991. The topological polar surface area (TPSA) is 36.4 Å². The zero-order valence-corrected chi connectivity index (χ0v) is 9.66. The largest absolute Gasteiger partial charge is 0.389 e. The van der Waals surface area contributed by atoms with E-state index in [9.17, 15) is 0 Å². The molecule has 1 aliphatic rings. The molecule has 2 heterocycles. The number of anilines is 1. The van der Waals surface area contributed by atoms with Crippen LogP contribution in [0.5, 0.6) is 0 Å². The summed E-state index contributed by atoms with van der Waals surface area (Å²) in [6, 6.07) is 1.86. The lowest BCUT2D eigenvalue weighted by molar-refractivity contribution is 0.141. The third-order valence-electron chi connectivity index (χ3n) is 1.99. The van der Waals surface area contributed by atoms with E-state index in [1.165, 1.54) is 0 Å². The van der Waals surface area contributed by atoms with Crippen molar-refractivity contribution in [1.82, 2.24) is 4.98 Å². The first-order valence-corrected chi connectivity index (χ1v) is 5.37. The average Bonchev–Trinajstić information content (AvgIpc) is 2.05. The SMILES string of the molecule is OC1CN(c2nccc(I)c2Cl)C1. The lowest BCUT2D eigenvalue weighted by Gasteiger charge is -2.37. The second kappa shape index (κ2) is 3.59. The Balaban J connectivity index is 2.26. The van der Waals surface area contributed by atoms with Gasteiger partial charge in [0.2, 0.25) is 0 Å². The molecule has 1 fully saturated rings. The Hall–Kier alpha value is -0.0700. The standard InChI is InChI=1S/C8H8ClIN2O/c9-7-6(10)1-2-11-8(7)12-3-5(13)4-12/h1-2,5,13H,3-4H2. The minimum absolute atomic E-state index is 0.226. The number of aliphatic hydroxyl groups is 1. The summed E-state index contributed by atoms with van der Waals surface area (Å²) in [4.78, 5) is 6.14. The van der Waals surface area contributed by atoms with Crippen LogP contribution in [0.15, 0.2) is 12.3 Å². The average molecular weight is 311 g/mol. The lowest BCUT2D eigenvalue weighted by atomic mass is 10.2. The summed E-state index contributed by atoms with van der Waals surface area (Å²) in [6.07, 6.45) is 1.50. The number of aliphatic hydroxyl groups excluding tert-OH is 1. The molecule has 1 aliphatic heterocycles. The summed E-state index contributed by atoms with van der Waals surface area (Å²) in [6.45, 7) is 1.26. The molecule has 1 aromatic heterocycles. The Labute approximate surface area is 94.9 Å². The molecule has 0 spiro atoms. The van der Waals surface area contributed by atoms with Crippen molar-refractivity contribution >= 4 is 40.0 Å². The first-order chi connectivity index (χ1) is 6.18. The van der Waals surface area contributed by atoms with E-state index in [1.807, 2.05) is 11.0 Å². The van der Waals surface area contributed by atoms with Gasteiger partial charge < -0.3 is 10.0 Å². The van der Waals surface area contributed by atoms with Crippen molar-refractivity contribution < 1.29 is 5.11 Å². The van der Waals surface area contributed by atoms with Gasteiger partial charge in [-0.15, -0.1) is 0 Å². The molecule has 1 aromatic rings. The predicted octanol–water partition coefficient (Wildman–Crippen LogP) is 1.52. The van der Waals surface area contributed by atoms with Crippen LogP contribution in [0, 0.1) is 3.57 Å². The van der Waals surface area contributed by atoms with Gasteiger partial charge in [-0.05, 0) is 28.7 Å². The van der Waals surface area contributed by atoms with Gasteiger partial charge in [-0.25, -0.2) is 4.98 Å². The number of hydrogen-bond donors (Lipinski definition) is 1. The Morgan fingerprint density at radius 3 is 2.92 bits per heavy atom. The van der Waals surface area contributed by atoms with Crippen molar-refractivity contribution in [1.29, 1.82) is 0 Å². The predicted molar refractivity (Wildman–Crippen MR) is 60.2 cm³/mol. The van der Waals surface area contributed by atoms with Crippen LogP contribution in [0.25, 0.3) is 0 Å². The van der Waals surface area contributed by atoms with Crippen molar-refractivity contribution in [2.45, 2.75) is 6.10 Å². The van der Waals surface area contributed by atoms with Crippen LogP contribution in [0.3, 0.4) is 0 Å². The maximum Gasteiger partial charge on any atom is 0.148 e. The third-order valence-corrected chi connectivity index (χ3v) is 3.58. The van der Waals surface area contributed by atoms with Crippen LogP contribution in [-0.4, -0.2) is 29.3 Å². The zero-order valence-electron chi connectivity index (χ0n) is 6.74. The van der Waals surface area contributed by atoms with E-state index in [-0.39, 0.29) is 6.10 Å². The van der Waals surface area contributed by atoms with Gasteiger partial charge in [-0.3, -0.25) is 0 Å². The highest BCUT2D eigenvalue weighted by Gasteiger charge is 2.27. The van der Waals surface area contributed by atoms with Gasteiger partial charge >= 0.3 is 0 Å². The summed E-state index contributed by atoms with van der Waals surface area (Å²) >= 11 is 8.22. The van der Waals surface area contributed by atoms with Crippen molar-refractivity contribution in [2.24, 2.45) is 0 Å². The van der Waals surface area contributed by atoms with E-state index < -0.39 is 0 Å². The Morgan fingerprint density at radius 1 is 1.62 bits per heavy atom. The summed E-state index contributed by atoms with van der Waals surface area (Å²) in [5.74, 6) is 0.777. The Kier molecular flexibility index (Phi) is 2.62. The van der Waals surface area contributed by atoms with Gasteiger partial charge in [-0.1, -0.05) is 11.6 Å². The highest BCUT2D eigenvalue weighted by atomic mass is 127. The number of pyridine rings is 1. The Bertz CT molecular complexity index is 328. The van der Waals surface area contributed by atoms with E-state index >= 15 is 0 Å². The fourth-order valence-corrected chi connectivity index (χ4v) is 1.89. The van der Waals surface area contributed by atoms with E-state index in [0.29, 0.717) is 18.1 Å². The first-order valence-electron chi connectivity index (χ1n) is 3.91. The van der Waals surface area contributed by atoms with Crippen LogP contribution < -0.4 is 4.90 Å². The normalized spacial score (nSPS) is 17.3. The zero-order chi connectivity index (χ0) is 9.42. The fourth-order valence-electron chi connectivity index (χ4n) is 1.26. The maximum absolute atomic E-state index is 9.13. The molecule has 13 heavy (non-hydrogen) atoms. The number of halogens is 2. The number of rotatable bonds is 1. The smallest absolute Gasteiger partial charge is 0.148 e.